The molecule has 1 aromatic carbocycles. The van der Waals surface area contributed by atoms with E-state index < -0.39 is 0 Å². The summed E-state index contributed by atoms with van der Waals surface area (Å²) in [5, 5.41) is 3.19. The Morgan fingerprint density at radius 2 is 2.11 bits per heavy atom. The number of anilines is 5. The predicted molar refractivity (Wildman–Crippen MR) is 108 cm³/mol. The Labute approximate surface area is 159 Å². The molecule has 0 aliphatic carbocycles. The Hall–Kier alpha value is -3.03. The van der Waals surface area contributed by atoms with Gasteiger partial charge in [0.05, 0.1) is 19.0 Å². The zero-order chi connectivity index (χ0) is 19.7. The zero-order valence-electron chi connectivity index (χ0n) is 16.4. The van der Waals surface area contributed by atoms with Gasteiger partial charge in [-0.2, -0.15) is 4.98 Å². The van der Waals surface area contributed by atoms with Crippen LogP contribution in [0, 0.1) is 0 Å². The van der Waals surface area contributed by atoms with E-state index in [9.17, 15) is 4.79 Å². The molecule has 0 fully saturated rings. The van der Waals surface area contributed by atoms with Gasteiger partial charge in [-0.3, -0.25) is 4.79 Å². The number of carbonyl (C=O) groups excluding carboxylic acids is 1. The molecule has 3 N–H and O–H groups in total. The number of nitrogens with one attached hydrogen (secondary N) is 1. The summed E-state index contributed by atoms with van der Waals surface area (Å²) in [6.07, 6.45) is 2.38. The van der Waals surface area contributed by atoms with Gasteiger partial charge in [-0.05, 0) is 32.4 Å². The van der Waals surface area contributed by atoms with E-state index in [0.29, 0.717) is 29.5 Å². The topological polar surface area (TPSA) is 96.6 Å². The fraction of sp³-hybridized carbons (Fsp3) is 0.421. The molecule has 0 saturated heterocycles. The van der Waals surface area contributed by atoms with Crippen LogP contribution in [0.1, 0.15) is 27.2 Å². The lowest BCUT2D eigenvalue weighted by Gasteiger charge is -2.42. The summed E-state index contributed by atoms with van der Waals surface area (Å²) >= 11 is 0. The van der Waals surface area contributed by atoms with Crippen molar-refractivity contribution in [1.82, 2.24) is 9.97 Å². The largest absolute Gasteiger partial charge is 0.494 e. The second kappa shape index (κ2) is 7.30. The van der Waals surface area contributed by atoms with Crippen LogP contribution in [-0.4, -0.2) is 42.1 Å². The van der Waals surface area contributed by atoms with E-state index in [4.69, 9.17) is 15.5 Å². The minimum Gasteiger partial charge on any atom is -0.494 e. The Morgan fingerprint density at radius 3 is 2.74 bits per heavy atom. The number of nitrogens with zero attached hydrogens (tertiary/aromatic N) is 4. The highest BCUT2D eigenvalue weighted by molar-refractivity contribution is 6.04. The number of fused-ring (bicyclic) bond motifs is 1. The molecule has 1 aliphatic heterocycles. The molecule has 1 aliphatic rings. The number of carbonyl (C=O) groups is 1. The van der Waals surface area contributed by atoms with Crippen LogP contribution in [-0.2, 0) is 4.79 Å². The Kier molecular flexibility index (Phi) is 5.07. The number of ether oxygens (including phenoxy) is 1. The van der Waals surface area contributed by atoms with E-state index in [1.54, 1.807) is 37.4 Å². The molecule has 1 aromatic heterocycles. The SMILES string of the molecule is CC[C@@H]1C(=O)N(C)c2cnc(Nc3ccc(N)cc3OC)nc2N1C(C)C. The van der Waals surface area contributed by atoms with Crippen LogP contribution in [0.3, 0.4) is 0 Å². The lowest BCUT2D eigenvalue weighted by Crippen LogP contribution is -2.54. The van der Waals surface area contributed by atoms with Crippen molar-refractivity contribution >= 4 is 34.7 Å². The fourth-order valence-corrected chi connectivity index (χ4v) is 3.37. The van der Waals surface area contributed by atoms with Gasteiger partial charge < -0.3 is 25.6 Å². The molecule has 1 amide bonds. The number of hydrogen-bond donors (Lipinski definition) is 2. The second-order valence-electron chi connectivity index (χ2n) is 6.81. The van der Waals surface area contributed by atoms with Crippen molar-refractivity contribution in [3.63, 3.8) is 0 Å². The average Bonchev–Trinajstić information content (AvgIpc) is 2.65. The van der Waals surface area contributed by atoms with E-state index in [2.05, 4.69) is 29.0 Å². The molecule has 0 saturated carbocycles. The number of hydrogen-bond acceptors (Lipinski definition) is 7. The molecule has 0 bridgehead atoms. The molecule has 3 rings (SSSR count). The third-order valence-electron chi connectivity index (χ3n) is 4.72. The molecular formula is C19H26N6O2. The first-order chi connectivity index (χ1) is 12.9. The van der Waals surface area contributed by atoms with Crippen LogP contribution in [0.25, 0.3) is 0 Å². The van der Waals surface area contributed by atoms with Crippen LogP contribution < -0.4 is 25.6 Å². The molecule has 0 spiro atoms. The van der Waals surface area contributed by atoms with Crippen molar-refractivity contribution in [2.75, 3.05) is 35.0 Å². The van der Waals surface area contributed by atoms with Gasteiger partial charge in [0, 0.05) is 24.8 Å². The highest BCUT2D eigenvalue weighted by Gasteiger charge is 2.38. The molecule has 2 aromatic rings. The third-order valence-corrected chi connectivity index (χ3v) is 4.72. The first-order valence-electron chi connectivity index (χ1n) is 9.00. The zero-order valence-corrected chi connectivity index (χ0v) is 16.4. The Balaban J connectivity index is 2.03. The second-order valence-corrected chi connectivity index (χ2v) is 6.81. The van der Waals surface area contributed by atoms with Gasteiger partial charge in [-0.1, -0.05) is 6.92 Å². The number of methoxy groups -OCH3 is 1. The van der Waals surface area contributed by atoms with Crippen molar-refractivity contribution in [2.24, 2.45) is 0 Å². The van der Waals surface area contributed by atoms with Crippen molar-refractivity contribution in [3.05, 3.63) is 24.4 Å². The van der Waals surface area contributed by atoms with Gasteiger partial charge >= 0.3 is 0 Å². The van der Waals surface area contributed by atoms with Gasteiger partial charge in [0.15, 0.2) is 5.82 Å². The maximum absolute atomic E-state index is 12.7. The Morgan fingerprint density at radius 1 is 1.37 bits per heavy atom. The number of benzene rings is 1. The first-order valence-corrected chi connectivity index (χ1v) is 9.00. The normalized spacial score (nSPS) is 16.5. The van der Waals surface area contributed by atoms with Crippen molar-refractivity contribution in [1.29, 1.82) is 0 Å². The van der Waals surface area contributed by atoms with Gasteiger partial charge in [0.1, 0.15) is 17.5 Å². The standard InChI is InChI=1S/C19H26N6O2/c1-6-14-18(26)24(4)15-10-21-19(23-17(15)25(14)11(2)3)22-13-8-7-12(20)9-16(13)27-5/h7-11,14H,6,20H2,1-5H3,(H,21,22,23)/t14-/m1/s1. The van der Waals surface area contributed by atoms with Gasteiger partial charge in [0.2, 0.25) is 11.9 Å². The highest BCUT2D eigenvalue weighted by Crippen LogP contribution is 2.37. The highest BCUT2D eigenvalue weighted by atomic mass is 16.5. The van der Waals surface area contributed by atoms with Crippen molar-refractivity contribution in [2.45, 2.75) is 39.3 Å². The van der Waals surface area contributed by atoms with Gasteiger partial charge in [0.25, 0.3) is 0 Å². The van der Waals surface area contributed by atoms with Crippen molar-refractivity contribution < 1.29 is 9.53 Å². The lowest BCUT2D eigenvalue weighted by molar-refractivity contribution is -0.120. The van der Waals surface area contributed by atoms with Crippen LogP contribution in [0.4, 0.5) is 28.8 Å². The quantitative estimate of drug-likeness (QED) is 0.781. The molecule has 8 nitrogen and oxygen atoms in total. The summed E-state index contributed by atoms with van der Waals surface area (Å²) in [6.45, 7) is 6.13. The maximum atomic E-state index is 12.7. The molecule has 2 heterocycles. The van der Waals surface area contributed by atoms with Crippen LogP contribution in [0.2, 0.25) is 0 Å². The van der Waals surface area contributed by atoms with E-state index in [1.165, 1.54) is 0 Å². The summed E-state index contributed by atoms with van der Waals surface area (Å²) in [5.74, 6) is 1.84. The minimum atomic E-state index is -0.240. The molecule has 27 heavy (non-hydrogen) atoms. The number of rotatable bonds is 5. The monoisotopic (exact) mass is 370 g/mol. The summed E-state index contributed by atoms with van der Waals surface area (Å²) in [5.41, 5.74) is 7.85. The number of likely N-dealkylation sites (N-methyl/N-ethyl adjacent to an activating group) is 1. The maximum Gasteiger partial charge on any atom is 0.249 e. The lowest BCUT2D eigenvalue weighted by atomic mass is 10.1. The molecule has 144 valence electrons. The van der Waals surface area contributed by atoms with Crippen LogP contribution in [0.15, 0.2) is 24.4 Å². The number of nitrogens with two attached hydrogens (primary N) is 1. The first kappa shape index (κ1) is 18.8. The molecule has 1 atom stereocenters. The molecular weight excluding hydrogens is 344 g/mol. The summed E-state index contributed by atoms with van der Waals surface area (Å²) in [4.78, 5) is 25.5. The van der Waals surface area contributed by atoms with Crippen LogP contribution >= 0.6 is 0 Å². The minimum absolute atomic E-state index is 0.0585. The van der Waals surface area contributed by atoms with Gasteiger partial charge in [-0.25, -0.2) is 4.98 Å². The predicted octanol–water partition coefficient (Wildman–Crippen LogP) is 2.78. The fourth-order valence-electron chi connectivity index (χ4n) is 3.37. The van der Waals surface area contributed by atoms with Gasteiger partial charge in [-0.15, -0.1) is 0 Å². The van der Waals surface area contributed by atoms with E-state index >= 15 is 0 Å². The number of amides is 1. The third kappa shape index (κ3) is 3.34. The number of aromatic nitrogens is 2. The van der Waals surface area contributed by atoms with Crippen molar-refractivity contribution in [3.8, 4) is 5.75 Å². The smallest absolute Gasteiger partial charge is 0.249 e. The molecule has 8 heteroatoms. The van der Waals surface area contributed by atoms with Crippen LogP contribution in [0.5, 0.6) is 5.75 Å². The molecule has 0 radical (unpaired) electrons. The number of nitrogen functional groups attached to an aromatic ring is 1. The van der Waals surface area contributed by atoms with E-state index in [0.717, 1.165) is 11.5 Å². The summed E-state index contributed by atoms with van der Waals surface area (Å²) in [6, 6.07) is 5.22. The average molecular weight is 370 g/mol. The Bertz CT molecular complexity index is 854. The molecule has 0 unspecified atom stereocenters. The summed E-state index contributed by atoms with van der Waals surface area (Å²) in [7, 11) is 3.35. The van der Waals surface area contributed by atoms with E-state index in [-0.39, 0.29) is 18.0 Å². The van der Waals surface area contributed by atoms with E-state index in [1.807, 2.05) is 13.0 Å². The summed E-state index contributed by atoms with van der Waals surface area (Å²) < 4.78 is 5.37.